The van der Waals surface area contributed by atoms with Crippen molar-refractivity contribution in [2.75, 3.05) is 25.0 Å². The van der Waals surface area contributed by atoms with Crippen LogP contribution < -0.4 is 5.32 Å². The molecule has 1 fully saturated rings. The highest BCUT2D eigenvalue weighted by Crippen LogP contribution is 2.28. The average Bonchev–Trinajstić information content (AvgIpc) is 3.07. The minimum Gasteiger partial charge on any atom is -0.367 e. The first kappa shape index (κ1) is 16.7. The summed E-state index contributed by atoms with van der Waals surface area (Å²) in [6, 6.07) is 2.99. The molecule has 0 aliphatic carbocycles. The Kier molecular flexibility index (Phi) is 4.98. The quantitative estimate of drug-likeness (QED) is 0.905. The van der Waals surface area contributed by atoms with Crippen LogP contribution in [0.1, 0.15) is 18.5 Å². The van der Waals surface area contributed by atoms with Gasteiger partial charge in [0.15, 0.2) is 0 Å². The van der Waals surface area contributed by atoms with Gasteiger partial charge >= 0.3 is 6.18 Å². The number of hydrogen-bond donors (Lipinski definition) is 1. The molecule has 24 heavy (non-hydrogen) atoms. The minimum absolute atomic E-state index is 0.127. The molecule has 2 aromatic rings. The second-order valence-corrected chi connectivity index (χ2v) is 5.82. The van der Waals surface area contributed by atoms with Gasteiger partial charge in [-0.1, -0.05) is 0 Å². The normalized spacial score (nSPS) is 17.1. The molecule has 0 spiro atoms. The zero-order valence-electron chi connectivity index (χ0n) is 13.1. The van der Waals surface area contributed by atoms with Gasteiger partial charge in [0.25, 0.3) is 0 Å². The van der Waals surface area contributed by atoms with Crippen molar-refractivity contribution in [1.82, 2.24) is 24.6 Å². The van der Waals surface area contributed by atoms with E-state index in [1.807, 2.05) is 16.9 Å². The van der Waals surface area contributed by atoms with Crippen LogP contribution in [0.15, 0.2) is 30.9 Å². The number of nitrogens with one attached hydrogen (secondary N) is 1. The molecule has 0 amide bonds. The van der Waals surface area contributed by atoms with Crippen molar-refractivity contribution in [2.24, 2.45) is 0 Å². The Morgan fingerprint density at radius 3 is 2.62 bits per heavy atom. The van der Waals surface area contributed by atoms with E-state index in [1.54, 1.807) is 6.20 Å². The highest BCUT2D eigenvalue weighted by Gasteiger charge is 2.33. The molecule has 3 heterocycles. The van der Waals surface area contributed by atoms with E-state index in [-0.39, 0.29) is 11.9 Å². The van der Waals surface area contributed by atoms with Crippen molar-refractivity contribution in [3.63, 3.8) is 0 Å². The van der Waals surface area contributed by atoms with Crippen molar-refractivity contribution in [2.45, 2.75) is 31.6 Å². The molecule has 6 nitrogen and oxygen atoms in total. The third-order valence-corrected chi connectivity index (χ3v) is 4.10. The van der Waals surface area contributed by atoms with Crippen molar-refractivity contribution >= 4 is 5.82 Å². The van der Waals surface area contributed by atoms with Crippen molar-refractivity contribution in [3.05, 3.63) is 36.5 Å². The SMILES string of the molecule is FC(F)(F)c1cc(NC2CCN(CCn3cccn3)CC2)ncn1. The Morgan fingerprint density at radius 1 is 1.17 bits per heavy atom. The van der Waals surface area contributed by atoms with Crippen LogP contribution in [0, 0.1) is 0 Å². The molecular weight excluding hydrogens is 321 g/mol. The molecule has 1 N–H and O–H groups in total. The van der Waals surface area contributed by atoms with Gasteiger partial charge in [-0.15, -0.1) is 0 Å². The molecule has 1 saturated heterocycles. The maximum atomic E-state index is 12.7. The number of hydrogen-bond acceptors (Lipinski definition) is 5. The fraction of sp³-hybridized carbons (Fsp3) is 0.533. The minimum atomic E-state index is -4.45. The second kappa shape index (κ2) is 7.16. The van der Waals surface area contributed by atoms with E-state index in [1.165, 1.54) is 0 Å². The monoisotopic (exact) mass is 340 g/mol. The van der Waals surface area contributed by atoms with Gasteiger partial charge in [0.1, 0.15) is 17.8 Å². The molecule has 0 saturated carbocycles. The Balaban J connectivity index is 1.47. The summed E-state index contributed by atoms with van der Waals surface area (Å²) in [6.07, 6.45) is 1.92. The lowest BCUT2D eigenvalue weighted by molar-refractivity contribution is -0.141. The molecule has 0 unspecified atom stereocenters. The summed E-state index contributed by atoms with van der Waals surface area (Å²) < 4.78 is 39.9. The summed E-state index contributed by atoms with van der Waals surface area (Å²) in [5, 5.41) is 7.26. The fourth-order valence-corrected chi connectivity index (χ4v) is 2.78. The lowest BCUT2D eigenvalue weighted by Gasteiger charge is -2.32. The first-order valence-electron chi connectivity index (χ1n) is 7.86. The smallest absolute Gasteiger partial charge is 0.367 e. The number of piperidine rings is 1. The van der Waals surface area contributed by atoms with Gasteiger partial charge in [0, 0.05) is 44.1 Å². The van der Waals surface area contributed by atoms with Crippen LogP contribution in [0.4, 0.5) is 19.0 Å². The van der Waals surface area contributed by atoms with Gasteiger partial charge in [-0.05, 0) is 18.9 Å². The van der Waals surface area contributed by atoms with Crippen LogP contribution in [-0.4, -0.2) is 50.3 Å². The van der Waals surface area contributed by atoms with Crippen LogP contribution in [0.2, 0.25) is 0 Å². The van der Waals surface area contributed by atoms with E-state index in [2.05, 4.69) is 25.3 Å². The molecule has 0 radical (unpaired) electrons. The van der Waals surface area contributed by atoms with E-state index in [4.69, 9.17) is 0 Å². The van der Waals surface area contributed by atoms with Gasteiger partial charge in [0.2, 0.25) is 0 Å². The Morgan fingerprint density at radius 2 is 1.96 bits per heavy atom. The predicted molar refractivity (Wildman–Crippen MR) is 82.3 cm³/mol. The van der Waals surface area contributed by atoms with Crippen LogP contribution in [0.5, 0.6) is 0 Å². The van der Waals surface area contributed by atoms with E-state index in [0.717, 1.165) is 51.4 Å². The lowest BCUT2D eigenvalue weighted by Crippen LogP contribution is -2.40. The first-order valence-corrected chi connectivity index (χ1v) is 7.86. The van der Waals surface area contributed by atoms with Gasteiger partial charge in [0.05, 0.1) is 6.54 Å². The molecule has 0 aromatic carbocycles. The summed E-state index contributed by atoms with van der Waals surface area (Å²) in [4.78, 5) is 9.49. The Labute approximate surface area is 137 Å². The lowest BCUT2D eigenvalue weighted by atomic mass is 10.1. The summed E-state index contributed by atoms with van der Waals surface area (Å²) in [6.45, 7) is 3.55. The molecule has 130 valence electrons. The number of aromatic nitrogens is 4. The third-order valence-electron chi connectivity index (χ3n) is 4.10. The van der Waals surface area contributed by atoms with Crippen LogP contribution in [-0.2, 0) is 12.7 Å². The largest absolute Gasteiger partial charge is 0.433 e. The van der Waals surface area contributed by atoms with Crippen LogP contribution >= 0.6 is 0 Å². The maximum absolute atomic E-state index is 12.7. The van der Waals surface area contributed by atoms with E-state index in [9.17, 15) is 13.2 Å². The van der Waals surface area contributed by atoms with Gasteiger partial charge in [-0.2, -0.15) is 18.3 Å². The van der Waals surface area contributed by atoms with Gasteiger partial charge in [-0.3, -0.25) is 4.68 Å². The van der Waals surface area contributed by atoms with Crippen LogP contribution in [0.3, 0.4) is 0 Å². The second-order valence-electron chi connectivity index (χ2n) is 5.82. The number of halogens is 3. The van der Waals surface area contributed by atoms with Crippen molar-refractivity contribution < 1.29 is 13.2 Å². The molecule has 0 atom stereocenters. The van der Waals surface area contributed by atoms with Crippen LogP contribution in [0.25, 0.3) is 0 Å². The number of rotatable bonds is 5. The predicted octanol–water partition coefficient (Wildman–Crippen LogP) is 2.27. The van der Waals surface area contributed by atoms with Crippen molar-refractivity contribution in [3.8, 4) is 0 Å². The summed E-state index contributed by atoms with van der Waals surface area (Å²) in [7, 11) is 0. The van der Waals surface area contributed by atoms with E-state index >= 15 is 0 Å². The molecule has 3 rings (SSSR count). The fourth-order valence-electron chi connectivity index (χ4n) is 2.78. The standard InChI is InChI=1S/C15H19F3N6/c16-15(17,18)13-10-14(20-11-19-13)22-12-2-6-23(7-3-12)8-9-24-5-1-4-21-24/h1,4-5,10-12H,2-3,6-9H2,(H,19,20,22). The highest BCUT2D eigenvalue weighted by atomic mass is 19.4. The van der Waals surface area contributed by atoms with Gasteiger partial charge in [-0.25, -0.2) is 9.97 Å². The van der Waals surface area contributed by atoms with E-state index < -0.39 is 11.9 Å². The molecule has 0 bridgehead atoms. The molecule has 1 aliphatic rings. The topological polar surface area (TPSA) is 58.9 Å². The zero-order chi connectivity index (χ0) is 17.0. The highest BCUT2D eigenvalue weighted by molar-refractivity contribution is 5.36. The zero-order valence-corrected chi connectivity index (χ0v) is 13.1. The molecule has 2 aromatic heterocycles. The molecule has 9 heteroatoms. The molecule has 1 aliphatic heterocycles. The van der Waals surface area contributed by atoms with E-state index in [0.29, 0.717) is 0 Å². The van der Waals surface area contributed by atoms with Crippen molar-refractivity contribution in [1.29, 1.82) is 0 Å². The summed E-state index contributed by atoms with van der Waals surface area (Å²) >= 11 is 0. The third kappa shape index (κ3) is 4.44. The van der Waals surface area contributed by atoms with Gasteiger partial charge < -0.3 is 10.2 Å². The summed E-state index contributed by atoms with van der Waals surface area (Å²) in [5.74, 6) is 0.229. The maximum Gasteiger partial charge on any atom is 0.433 e. The molecular formula is C15H19F3N6. The number of anilines is 1. The summed E-state index contributed by atoms with van der Waals surface area (Å²) in [5.41, 5.74) is -0.920. The number of alkyl halides is 3. The first-order chi connectivity index (χ1) is 11.5. The Hall–Kier alpha value is -2.16. The number of nitrogens with zero attached hydrogens (tertiary/aromatic N) is 5. The Bertz CT molecular complexity index is 635. The average molecular weight is 340 g/mol. The number of likely N-dealkylation sites (tertiary alicyclic amines) is 1.